The summed E-state index contributed by atoms with van der Waals surface area (Å²) in [5.74, 6) is 1.50. The largest absolute Gasteiger partial charge is 0.453 e. The topological polar surface area (TPSA) is 18.5 Å². The van der Waals surface area contributed by atoms with E-state index in [9.17, 15) is 0 Å². The Balaban J connectivity index is 2.17. The number of hydrogen-bond acceptors (Lipinski definition) is 2. The summed E-state index contributed by atoms with van der Waals surface area (Å²) >= 11 is 0. The Hall–Kier alpha value is -1.96. The molecule has 2 aromatic carbocycles. The molecule has 3 rings (SSSR count). The van der Waals surface area contributed by atoms with Gasteiger partial charge in [-0.3, -0.25) is 0 Å². The van der Waals surface area contributed by atoms with Crippen molar-refractivity contribution in [3.8, 4) is 22.6 Å². The van der Waals surface area contributed by atoms with Crippen LogP contribution in [0.3, 0.4) is 0 Å². The van der Waals surface area contributed by atoms with Gasteiger partial charge in [0.25, 0.3) is 0 Å². The first-order valence-corrected chi connectivity index (χ1v) is 4.81. The summed E-state index contributed by atoms with van der Waals surface area (Å²) in [6.45, 7) is 0.287. The SMILES string of the molecule is [c]1ccc(-c2ccccc2)c2c1OCO2. The second kappa shape index (κ2) is 3.31. The first-order valence-electron chi connectivity index (χ1n) is 4.81. The molecule has 1 aliphatic heterocycles. The number of fused-ring (bicyclic) bond motifs is 1. The molecule has 0 spiro atoms. The molecule has 1 radical (unpaired) electrons. The maximum absolute atomic E-state index is 5.43. The number of rotatable bonds is 1. The smallest absolute Gasteiger partial charge is 0.231 e. The zero-order valence-electron chi connectivity index (χ0n) is 8.07. The van der Waals surface area contributed by atoms with E-state index >= 15 is 0 Å². The normalized spacial score (nSPS) is 12.8. The maximum Gasteiger partial charge on any atom is 0.231 e. The van der Waals surface area contributed by atoms with Crippen molar-refractivity contribution in [1.82, 2.24) is 0 Å². The minimum Gasteiger partial charge on any atom is -0.453 e. The van der Waals surface area contributed by atoms with Gasteiger partial charge < -0.3 is 9.47 Å². The molecule has 0 atom stereocenters. The van der Waals surface area contributed by atoms with Crippen molar-refractivity contribution in [3.63, 3.8) is 0 Å². The average molecular weight is 197 g/mol. The third kappa shape index (κ3) is 1.34. The molecular weight excluding hydrogens is 188 g/mol. The number of hydrogen-bond donors (Lipinski definition) is 0. The molecule has 0 aliphatic carbocycles. The van der Waals surface area contributed by atoms with E-state index in [0.29, 0.717) is 5.75 Å². The fourth-order valence-electron chi connectivity index (χ4n) is 1.71. The highest BCUT2D eigenvalue weighted by Crippen LogP contribution is 2.40. The highest BCUT2D eigenvalue weighted by molar-refractivity contribution is 5.73. The van der Waals surface area contributed by atoms with Crippen LogP contribution in [0.2, 0.25) is 0 Å². The van der Waals surface area contributed by atoms with E-state index in [1.807, 2.05) is 30.3 Å². The van der Waals surface area contributed by atoms with E-state index in [0.717, 1.165) is 16.9 Å². The summed E-state index contributed by atoms with van der Waals surface area (Å²) in [6, 6.07) is 17.0. The summed E-state index contributed by atoms with van der Waals surface area (Å²) < 4.78 is 10.7. The lowest BCUT2D eigenvalue weighted by molar-refractivity contribution is 0.174. The third-order valence-electron chi connectivity index (χ3n) is 2.41. The van der Waals surface area contributed by atoms with Crippen LogP contribution in [0.25, 0.3) is 11.1 Å². The average Bonchev–Trinajstić information content (AvgIpc) is 2.78. The lowest BCUT2D eigenvalue weighted by Crippen LogP contribution is -1.93. The van der Waals surface area contributed by atoms with Crippen LogP contribution < -0.4 is 9.47 Å². The van der Waals surface area contributed by atoms with Crippen LogP contribution in [0, 0.1) is 6.07 Å². The Kier molecular flexibility index (Phi) is 1.85. The summed E-state index contributed by atoms with van der Waals surface area (Å²) in [4.78, 5) is 0. The van der Waals surface area contributed by atoms with Gasteiger partial charge in [0.1, 0.15) is 0 Å². The van der Waals surface area contributed by atoms with Crippen molar-refractivity contribution in [2.75, 3.05) is 6.79 Å². The summed E-state index contributed by atoms with van der Waals surface area (Å²) in [6.07, 6.45) is 0. The Morgan fingerprint density at radius 3 is 2.73 bits per heavy atom. The standard InChI is InChI=1S/C13H9O2/c1-2-5-10(6-3-1)11-7-4-8-12-13(11)15-9-14-12/h1-7H,9H2. The molecule has 0 saturated carbocycles. The van der Waals surface area contributed by atoms with Crippen LogP contribution in [0.4, 0.5) is 0 Å². The van der Waals surface area contributed by atoms with Crippen molar-refractivity contribution in [3.05, 3.63) is 48.5 Å². The molecule has 0 fully saturated rings. The van der Waals surface area contributed by atoms with E-state index < -0.39 is 0 Å². The van der Waals surface area contributed by atoms with Crippen LogP contribution in [-0.2, 0) is 0 Å². The van der Waals surface area contributed by atoms with Gasteiger partial charge in [-0.2, -0.15) is 0 Å². The molecule has 1 aliphatic rings. The Labute approximate surface area is 88.1 Å². The predicted octanol–water partition coefficient (Wildman–Crippen LogP) is 2.88. The van der Waals surface area contributed by atoms with Crippen LogP contribution in [0.5, 0.6) is 11.5 Å². The predicted molar refractivity (Wildman–Crippen MR) is 56.8 cm³/mol. The van der Waals surface area contributed by atoms with Crippen LogP contribution in [0.1, 0.15) is 0 Å². The van der Waals surface area contributed by atoms with Gasteiger partial charge in [-0.25, -0.2) is 0 Å². The van der Waals surface area contributed by atoms with Gasteiger partial charge in [-0.1, -0.05) is 30.3 Å². The summed E-state index contributed by atoms with van der Waals surface area (Å²) in [5, 5.41) is 0. The van der Waals surface area contributed by atoms with Gasteiger partial charge in [0.15, 0.2) is 11.5 Å². The lowest BCUT2D eigenvalue weighted by Gasteiger charge is -2.04. The molecule has 2 nitrogen and oxygen atoms in total. The fraction of sp³-hybridized carbons (Fsp3) is 0.0769. The van der Waals surface area contributed by atoms with Crippen molar-refractivity contribution >= 4 is 0 Å². The van der Waals surface area contributed by atoms with Gasteiger partial charge in [-0.15, -0.1) is 0 Å². The van der Waals surface area contributed by atoms with Gasteiger partial charge in [-0.05, 0) is 17.7 Å². The molecule has 0 unspecified atom stereocenters. The molecule has 1 heterocycles. The molecule has 0 N–H and O–H groups in total. The molecule has 0 saturated heterocycles. The molecule has 2 heteroatoms. The van der Waals surface area contributed by atoms with Crippen LogP contribution in [-0.4, -0.2) is 6.79 Å². The Bertz CT molecular complexity index is 477. The van der Waals surface area contributed by atoms with E-state index in [1.165, 1.54) is 0 Å². The zero-order chi connectivity index (χ0) is 10.1. The molecule has 0 amide bonds. The van der Waals surface area contributed by atoms with Gasteiger partial charge in [0.05, 0.1) is 0 Å². The van der Waals surface area contributed by atoms with Crippen molar-refractivity contribution in [1.29, 1.82) is 0 Å². The molecular formula is C13H9O2. The molecule has 0 bridgehead atoms. The molecule has 0 aromatic heterocycles. The fourth-order valence-corrected chi connectivity index (χ4v) is 1.71. The summed E-state index contributed by atoms with van der Waals surface area (Å²) in [7, 11) is 0. The van der Waals surface area contributed by atoms with Gasteiger partial charge in [0.2, 0.25) is 6.79 Å². The van der Waals surface area contributed by atoms with E-state index in [-0.39, 0.29) is 6.79 Å². The first kappa shape index (κ1) is 8.36. The zero-order valence-corrected chi connectivity index (χ0v) is 8.07. The van der Waals surface area contributed by atoms with Crippen molar-refractivity contribution in [2.45, 2.75) is 0 Å². The van der Waals surface area contributed by atoms with E-state index in [2.05, 4.69) is 18.2 Å². The molecule has 15 heavy (non-hydrogen) atoms. The quantitative estimate of drug-likeness (QED) is 0.699. The van der Waals surface area contributed by atoms with Gasteiger partial charge >= 0.3 is 0 Å². The monoisotopic (exact) mass is 197 g/mol. The van der Waals surface area contributed by atoms with Crippen molar-refractivity contribution < 1.29 is 9.47 Å². The lowest BCUT2D eigenvalue weighted by atomic mass is 10.0. The highest BCUT2D eigenvalue weighted by atomic mass is 16.7. The molecule has 2 aromatic rings. The van der Waals surface area contributed by atoms with E-state index in [1.54, 1.807) is 0 Å². The minimum absolute atomic E-state index is 0.287. The van der Waals surface area contributed by atoms with Crippen molar-refractivity contribution in [2.24, 2.45) is 0 Å². The Morgan fingerprint density at radius 1 is 1.00 bits per heavy atom. The third-order valence-corrected chi connectivity index (χ3v) is 2.41. The number of ether oxygens (including phenoxy) is 2. The van der Waals surface area contributed by atoms with Gasteiger partial charge in [0, 0.05) is 11.6 Å². The molecule has 73 valence electrons. The first-order chi connectivity index (χ1) is 7.45. The second-order valence-corrected chi connectivity index (χ2v) is 3.32. The minimum atomic E-state index is 0.287. The Morgan fingerprint density at radius 2 is 1.87 bits per heavy atom. The van der Waals surface area contributed by atoms with Crippen LogP contribution >= 0.6 is 0 Å². The van der Waals surface area contributed by atoms with E-state index in [4.69, 9.17) is 9.47 Å². The second-order valence-electron chi connectivity index (χ2n) is 3.32. The maximum atomic E-state index is 5.43. The highest BCUT2D eigenvalue weighted by Gasteiger charge is 2.17. The van der Waals surface area contributed by atoms with Crippen LogP contribution in [0.15, 0.2) is 42.5 Å². The summed E-state index contributed by atoms with van der Waals surface area (Å²) in [5.41, 5.74) is 2.19. The number of benzene rings is 2.